The summed E-state index contributed by atoms with van der Waals surface area (Å²) < 4.78 is 13.2. The van der Waals surface area contributed by atoms with E-state index >= 15 is 0 Å². The quantitative estimate of drug-likeness (QED) is 0.506. The Balaban J connectivity index is 1.50. The van der Waals surface area contributed by atoms with Gasteiger partial charge in [-0.15, -0.1) is 0 Å². The van der Waals surface area contributed by atoms with Crippen LogP contribution in [0.1, 0.15) is 17.2 Å². The fourth-order valence-electron chi connectivity index (χ4n) is 3.50. The summed E-state index contributed by atoms with van der Waals surface area (Å²) in [5.74, 6) is 3.09. The van der Waals surface area contributed by atoms with Gasteiger partial charge in [0.2, 0.25) is 5.95 Å². The van der Waals surface area contributed by atoms with Crippen molar-refractivity contribution in [2.75, 3.05) is 12.4 Å². The van der Waals surface area contributed by atoms with Crippen molar-refractivity contribution < 1.29 is 9.47 Å². The van der Waals surface area contributed by atoms with Crippen molar-refractivity contribution in [1.82, 2.24) is 14.8 Å². The number of nitrogens with zero attached hydrogens (tertiary/aromatic N) is 3. The van der Waals surface area contributed by atoms with Crippen LogP contribution in [0.3, 0.4) is 0 Å². The zero-order chi connectivity index (χ0) is 20.3. The van der Waals surface area contributed by atoms with E-state index in [1.807, 2.05) is 77.5 Å². The Kier molecular flexibility index (Phi) is 4.65. The van der Waals surface area contributed by atoms with Crippen LogP contribution in [0.4, 0.5) is 5.95 Å². The molecular formula is C24H20N4O2. The summed E-state index contributed by atoms with van der Waals surface area (Å²) in [6.45, 7) is 0. The zero-order valence-electron chi connectivity index (χ0n) is 16.4. The molecule has 0 spiro atoms. The van der Waals surface area contributed by atoms with Gasteiger partial charge in [-0.1, -0.05) is 30.3 Å². The molecule has 1 N–H and O–H groups in total. The minimum atomic E-state index is -0.111. The number of nitrogens with one attached hydrogen (secondary N) is 1. The van der Waals surface area contributed by atoms with E-state index in [1.54, 1.807) is 13.4 Å². The van der Waals surface area contributed by atoms with Gasteiger partial charge >= 0.3 is 0 Å². The number of methoxy groups -OCH3 is 1. The highest BCUT2D eigenvalue weighted by atomic mass is 16.5. The minimum absolute atomic E-state index is 0.111. The number of benzene rings is 3. The van der Waals surface area contributed by atoms with Crippen molar-refractivity contribution in [3.63, 3.8) is 0 Å². The van der Waals surface area contributed by atoms with Crippen LogP contribution in [0.5, 0.6) is 17.2 Å². The molecule has 2 heterocycles. The first-order chi connectivity index (χ1) is 14.8. The van der Waals surface area contributed by atoms with Crippen LogP contribution in [0.2, 0.25) is 0 Å². The van der Waals surface area contributed by atoms with Crippen LogP contribution in [-0.4, -0.2) is 21.9 Å². The van der Waals surface area contributed by atoms with Crippen LogP contribution in [0, 0.1) is 0 Å². The predicted octanol–water partition coefficient (Wildman–Crippen LogP) is 5.14. The molecule has 148 valence electrons. The second-order valence-corrected chi connectivity index (χ2v) is 6.89. The lowest BCUT2D eigenvalue weighted by molar-refractivity contribution is 0.415. The van der Waals surface area contributed by atoms with Crippen LogP contribution >= 0.6 is 0 Å². The summed E-state index contributed by atoms with van der Waals surface area (Å²) in [7, 11) is 1.66. The molecule has 1 aliphatic rings. The lowest BCUT2D eigenvalue weighted by atomic mass is 10.0. The number of allylic oxidation sites excluding steroid dienone is 1. The molecule has 3 aromatic carbocycles. The SMILES string of the molecule is COc1ccc(C2=CC(c3cccc(Oc4ccccc4)c3)n3ncnc3N2)cc1. The Hall–Kier alpha value is -4.06. The van der Waals surface area contributed by atoms with Gasteiger partial charge in [-0.25, -0.2) is 4.68 Å². The van der Waals surface area contributed by atoms with Crippen molar-refractivity contribution in [1.29, 1.82) is 0 Å². The van der Waals surface area contributed by atoms with E-state index in [2.05, 4.69) is 27.5 Å². The van der Waals surface area contributed by atoms with E-state index in [0.29, 0.717) is 5.95 Å². The Morgan fingerprint density at radius 1 is 0.867 bits per heavy atom. The molecule has 1 aliphatic heterocycles. The number of para-hydroxylation sites is 1. The molecule has 0 radical (unpaired) electrons. The Labute approximate surface area is 174 Å². The standard InChI is InChI=1S/C24H20N4O2/c1-29-19-12-10-17(11-13-19)22-15-23(28-24(27-22)25-16-26-28)18-6-5-9-21(14-18)30-20-7-3-2-4-8-20/h2-16,23H,1H3,(H,25,26,27). The number of ether oxygens (including phenoxy) is 2. The third kappa shape index (κ3) is 3.51. The highest BCUT2D eigenvalue weighted by Gasteiger charge is 2.23. The molecular weight excluding hydrogens is 376 g/mol. The van der Waals surface area contributed by atoms with Crippen molar-refractivity contribution >= 4 is 11.6 Å². The Morgan fingerprint density at radius 2 is 1.67 bits per heavy atom. The Bertz CT molecular complexity index is 1180. The van der Waals surface area contributed by atoms with E-state index in [4.69, 9.17) is 9.47 Å². The lowest BCUT2D eigenvalue weighted by Crippen LogP contribution is -2.20. The zero-order valence-corrected chi connectivity index (χ0v) is 16.4. The number of aromatic nitrogens is 3. The first kappa shape index (κ1) is 18.0. The molecule has 6 heteroatoms. The molecule has 30 heavy (non-hydrogen) atoms. The fourth-order valence-corrected chi connectivity index (χ4v) is 3.50. The summed E-state index contributed by atoms with van der Waals surface area (Å²) in [5.41, 5.74) is 3.08. The third-order valence-corrected chi connectivity index (χ3v) is 4.99. The number of hydrogen-bond acceptors (Lipinski definition) is 5. The number of fused-ring (bicyclic) bond motifs is 1. The second kappa shape index (κ2) is 7.75. The maximum Gasteiger partial charge on any atom is 0.226 e. The highest BCUT2D eigenvalue weighted by molar-refractivity contribution is 5.77. The average Bonchev–Trinajstić information content (AvgIpc) is 3.28. The first-order valence-electron chi connectivity index (χ1n) is 9.66. The summed E-state index contributed by atoms with van der Waals surface area (Å²) >= 11 is 0. The van der Waals surface area contributed by atoms with Gasteiger partial charge in [0.05, 0.1) is 7.11 Å². The smallest absolute Gasteiger partial charge is 0.226 e. The van der Waals surface area contributed by atoms with Gasteiger partial charge in [0.15, 0.2) is 0 Å². The van der Waals surface area contributed by atoms with E-state index in [1.165, 1.54) is 0 Å². The van der Waals surface area contributed by atoms with Crippen LogP contribution in [0.25, 0.3) is 5.70 Å². The van der Waals surface area contributed by atoms with Gasteiger partial charge in [0, 0.05) is 5.70 Å². The second-order valence-electron chi connectivity index (χ2n) is 6.89. The van der Waals surface area contributed by atoms with Crippen molar-refractivity contribution in [3.05, 3.63) is 102 Å². The monoisotopic (exact) mass is 396 g/mol. The molecule has 5 rings (SSSR count). The topological polar surface area (TPSA) is 61.2 Å². The van der Waals surface area contributed by atoms with Gasteiger partial charge in [-0.05, 0) is 65.7 Å². The van der Waals surface area contributed by atoms with Crippen molar-refractivity contribution in [2.24, 2.45) is 0 Å². The van der Waals surface area contributed by atoms with Gasteiger partial charge in [-0.3, -0.25) is 0 Å². The number of rotatable bonds is 5. The molecule has 1 unspecified atom stereocenters. The lowest BCUT2D eigenvalue weighted by Gasteiger charge is -2.24. The van der Waals surface area contributed by atoms with Crippen molar-refractivity contribution in [3.8, 4) is 17.2 Å². The molecule has 1 aromatic heterocycles. The molecule has 6 nitrogen and oxygen atoms in total. The molecule has 0 saturated carbocycles. The molecule has 1 atom stereocenters. The summed E-state index contributed by atoms with van der Waals surface area (Å²) in [6, 6.07) is 25.6. The normalized spacial score (nSPS) is 15.0. The van der Waals surface area contributed by atoms with Crippen LogP contribution in [0.15, 0.2) is 91.3 Å². The van der Waals surface area contributed by atoms with Crippen molar-refractivity contribution in [2.45, 2.75) is 6.04 Å². The highest BCUT2D eigenvalue weighted by Crippen LogP contribution is 2.34. The maximum atomic E-state index is 6.02. The van der Waals surface area contributed by atoms with Crippen LogP contribution in [-0.2, 0) is 0 Å². The van der Waals surface area contributed by atoms with E-state index in [0.717, 1.165) is 34.1 Å². The number of anilines is 1. The summed E-state index contributed by atoms with van der Waals surface area (Å²) in [5, 5.41) is 7.78. The first-order valence-corrected chi connectivity index (χ1v) is 9.66. The largest absolute Gasteiger partial charge is 0.497 e. The van der Waals surface area contributed by atoms with E-state index < -0.39 is 0 Å². The number of hydrogen-bond donors (Lipinski definition) is 1. The van der Waals surface area contributed by atoms with E-state index in [-0.39, 0.29) is 6.04 Å². The molecule has 0 bridgehead atoms. The summed E-state index contributed by atoms with van der Waals surface area (Å²) in [6.07, 6.45) is 3.70. The average molecular weight is 396 g/mol. The van der Waals surface area contributed by atoms with Gasteiger partial charge in [0.25, 0.3) is 0 Å². The van der Waals surface area contributed by atoms with E-state index in [9.17, 15) is 0 Å². The molecule has 0 fully saturated rings. The van der Waals surface area contributed by atoms with Gasteiger partial charge in [0.1, 0.15) is 29.6 Å². The fraction of sp³-hybridized carbons (Fsp3) is 0.0833. The molecule has 0 aliphatic carbocycles. The molecule has 0 saturated heterocycles. The summed E-state index contributed by atoms with van der Waals surface area (Å²) in [4.78, 5) is 4.38. The maximum absolute atomic E-state index is 6.02. The van der Waals surface area contributed by atoms with Crippen LogP contribution < -0.4 is 14.8 Å². The molecule has 4 aromatic rings. The predicted molar refractivity (Wildman–Crippen MR) is 116 cm³/mol. The van der Waals surface area contributed by atoms with Gasteiger partial charge in [-0.2, -0.15) is 10.1 Å². The Morgan fingerprint density at radius 3 is 2.47 bits per heavy atom. The third-order valence-electron chi connectivity index (χ3n) is 4.99. The minimum Gasteiger partial charge on any atom is -0.497 e. The van der Waals surface area contributed by atoms with Gasteiger partial charge < -0.3 is 14.8 Å². The molecule has 0 amide bonds.